The first-order chi connectivity index (χ1) is 30.5. The normalized spacial score (nSPS) is 13.2. The lowest BCUT2D eigenvalue weighted by molar-refractivity contribution is -0.142. The van der Waals surface area contributed by atoms with Crippen LogP contribution in [0.2, 0.25) is 0 Å². The maximum atomic E-state index is 13.5. The molecule has 29 heteroatoms. The summed E-state index contributed by atoms with van der Waals surface area (Å²) in [5, 5.41) is 51.2. The number of aliphatic imine (C=N–C) groups is 1. The summed E-state index contributed by atoms with van der Waals surface area (Å²) in [6.45, 7) is 1.26. The van der Waals surface area contributed by atoms with E-state index in [-0.39, 0.29) is 51.2 Å². The molecule has 1 aromatic rings. The number of carbonyl (C=O) groups is 11. The fraction of sp³-hybridized carbons (Fsp3) is 0.583. The highest BCUT2D eigenvalue weighted by molar-refractivity contribution is 5.97. The van der Waals surface area contributed by atoms with E-state index in [4.69, 9.17) is 37.9 Å². The molecular formula is C36H60N14O15. The van der Waals surface area contributed by atoms with Crippen LogP contribution in [-0.2, 0) is 59.2 Å². The Kier molecular flexibility index (Phi) is 27.8. The number of carboxylic acids is 4. The van der Waals surface area contributed by atoms with Crippen molar-refractivity contribution in [2.75, 3.05) is 26.2 Å². The summed E-state index contributed by atoms with van der Waals surface area (Å²) in [6, 6.07) is -8.42. The number of nitrogens with two attached hydrogens (primary N) is 4. The summed E-state index contributed by atoms with van der Waals surface area (Å²) in [5.41, 5.74) is 22.1. The molecule has 1 heterocycles. The largest absolute Gasteiger partial charge is 0.481 e. The van der Waals surface area contributed by atoms with E-state index in [1.165, 1.54) is 19.4 Å². The summed E-state index contributed by atoms with van der Waals surface area (Å²) >= 11 is 0. The van der Waals surface area contributed by atoms with Crippen molar-refractivity contribution in [2.45, 2.75) is 108 Å². The van der Waals surface area contributed by atoms with Crippen molar-refractivity contribution in [2.24, 2.45) is 27.9 Å². The average molecular weight is 929 g/mol. The van der Waals surface area contributed by atoms with Crippen LogP contribution in [0.15, 0.2) is 17.5 Å². The number of amides is 7. The van der Waals surface area contributed by atoms with E-state index >= 15 is 0 Å². The van der Waals surface area contributed by atoms with Gasteiger partial charge in [0.2, 0.25) is 41.4 Å². The molecule has 0 unspecified atom stereocenters. The van der Waals surface area contributed by atoms with E-state index in [0.717, 1.165) is 6.92 Å². The number of aromatic amines is 1. The second-order valence-electron chi connectivity index (χ2n) is 14.0. The Morgan fingerprint density at radius 2 is 1.28 bits per heavy atom. The zero-order chi connectivity index (χ0) is 49.6. The van der Waals surface area contributed by atoms with Gasteiger partial charge >= 0.3 is 17.9 Å². The molecule has 29 nitrogen and oxygen atoms in total. The third-order valence-corrected chi connectivity index (χ3v) is 8.41. The van der Waals surface area contributed by atoms with Gasteiger partial charge in [-0.2, -0.15) is 0 Å². The molecule has 65 heavy (non-hydrogen) atoms. The fourth-order valence-electron chi connectivity index (χ4n) is 5.15. The minimum atomic E-state index is -1.80. The number of imidazole rings is 1. The Hall–Kier alpha value is -7.43. The van der Waals surface area contributed by atoms with E-state index in [1.807, 2.05) is 0 Å². The number of nitrogens with one attached hydrogen (secondary N) is 8. The number of hydrogen-bond acceptors (Lipinski definition) is 15. The molecule has 0 spiro atoms. The predicted molar refractivity (Wildman–Crippen MR) is 224 cm³/mol. The average Bonchev–Trinajstić information content (AvgIpc) is 3.73. The van der Waals surface area contributed by atoms with Crippen LogP contribution in [0.1, 0.15) is 70.9 Å². The molecule has 364 valence electrons. The van der Waals surface area contributed by atoms with Gasteiger partial charge in [0.05, 0.1) is 31.9 Å². The van der Waals surface area contributed by atoms with Crippen molar-refractivity contribution in [1.29, 1.82) is 0 Å². The molecular weight excluding hydrogens is 868 g/mol. The van der Waals surface area contributed by atoms with Crippen molar-refractivity contribution in [3.8, 4) is 0 Å². The van der Waals surface area contributed by atoms with Crippen molar-refractivity contribution in [3.63, 3.8) is 0 Å². The number of H-pyrrole nitrogens is 1. The summed E-state index contributed by atoms with van der Waals surface area (Å²) in [5.74, 6) is -11.6. The molecule has 0 saturated carbocycles. The van der Waals surface area contributed by atoms with Crippen LogP contribution in [0.25, 0.3) is 0 Å². The predicted octanol–water partition coefficient (Wildman–Crippen LogP) is -6.35. The Labute approximate surface area is 371 Å². The zero-order valence-electron chi connectivity index (χ0n) is 35.8. The van der Waals surface area contributed by atoms with Crippen LogP contribution >= 0.6 is 0 Å². The van der Waals surface area contributed by atoms with E-state index in [0.29, 0.717) is 18.5 Å². The third-order valence-electron chi connectivity index (χ3n) is 8.41. The molecule has 20 N–H and O–H groups in total. The maximum absolute atomic E-state index is 13.5. The number of aromatic nitrogens is 2. The topological polar surface area (TPSA) is 498 Å². The van der Waals surface area contributed by atoms with E-state index in [2.05, 4.69) is 52.2 Å². The van der Waals surface area contributed by atoms with Gasteiger partial charge in [-0.25, -0.2) is 9.78 Å². The van der Waals surface area contributed by atoms with Gasteiger partial charge in [0.15, 0.2) is 5.96 Å². The first-order valence-corrected chi connectivity index (χ1v) is 19.9. The molecule has 7 amide bonds. The second kappa shape index (κ2) is 31.4. The van der Waals surface area contributed by atoms with Gasteiger partial charge in [-0.3, -0.25) is 52.9 Å². The lowest BCUT2D eigenvalue weighted by Gasteiger charge is -2.25. The van der Waals surface area contributed by atoms with Crippen LogP contribution in [0, 0.1) is 0 Å². The number of unbranched alkanes of at least 4 members (excludes halogenated alkanes) is 1. The second-order valence-corrected chi connectivity index (χ2v) is 14.0. The fourth-order valence-corrected chi connectivity index (χ4v) is 5.15. The molecule has 0 aliphatic rings. The molecule has 0 aliphatic carbocycles. The quantitative estimate of drug-likeness (QED) is 0.0194. The first-order valence-electron chi connectivity index (χ1n) is 19.9. The van der Waals surface area contributed by atoms with Crippen molar-refractivity contribution < 1.29 is 73.2 Å². The Morgan fingerprint density at radius 1 is 0.692 bits per heavy atom. The number of nitrogens with zero attached hydrogens (tertiary/aromatic N) is 2. The van der Waals surface area contributed by atoms with Crippen LogP contribution in [0.5, 0.6) is 0 Å². The van der Waals surface area contributed by atoms with Gasteiger partial charge in [-0.15, -0.1) is 0 Å². The monoisotopic (exact) mass is 928 g/mol. The van der Waals surface area contributed by atoms with Crippen LogP contribution in [-0.4, -0.2) is 164 Å². The molecule has 0 bridgehead atoms. The summed E-state index contributed by atoms with van der Waals surface area (Å²) in [7, 11) is 0. The van der Waals surface area contributed by atoms with Gasteiger partial charge < -0.3 is 85.6 Å². The molecule has 0 saturated heterocycles. The third kappa shape index (κ3) is 27.3. The van der Waals surface area contributed by atoms with Gasteiger partial charge in [0.1, 0.15) is 30.2 Å². The SMILES string of the molecule is CC(=O)O.C[C@H](NC(=O)[C@H](CCCCN)NC(=O)[C@@H](N)CCC(=O)O)C(=O)N[C@@H](Cc1cnc[nH]1)C(=O)N[C@@H](CC(=O)O)C(=O)NCC(=O)NCC(=O)N[C@@H](CCCN=C(N)N)C(=O)O. The Balaban J connectivity index is 0.00000979. The van der Waals surface area contributed by atoms with E-state index < -0.39 is 127 Å². The summed E-state index contributed by atoms with van der Waals surface area (Å²) in [6.07, 6.45) is 1.89. The van der Waals surface area contributed by atoms with Gasteiger partial charge in [-0.05, 0) is 52.0 Å². The lowest BCUT2D eigenvalue weighted by Crippen LogP contribution is -2.59. The number of carboxylic acid groups (broad SMARTS) is 4. The molecule has 1 aromatic heterocycles. The molecule has 0 aliphatic heterocycles. The van der Waals surface area contributed by atoms with Crippen LogP contribution < -0.4 is 60.2 Å². The van der Waals surface area contributed by atoms with Crippen molar-refractivity contribution in [3.05, 3.63) is 18.2 Å². The molecule has 1 rings (SSSR count). The smallest absolute Gasteiger partial charge is 0.326 e. The van der Waals surface area contributed by atoms with Crippen LogP contribution in [0.3, 0.4) is 0 Å². The molecule has 0 radical (unpaired) electrons. The lowest BCUT2D eigenvalue weighted by atomic mass is 10.1. The first kappa shape index (κ1) is 57.6. The van der Waals surface area contributed by atoms with E-state index in [1.54, 1.807) is 0 Å². The number of carbonyl (C=O) groups excluding carboxylic acids is 7. The molecule has 0 fully saturated rings. The Morgan fingerprint density at radius 3 is 1.83 bits per heavy atom. The highest BCUT2D eigenvalue weighted by atomic mass is 16.4. The van der Waals surface area contributed by atoms with Gasteiger partial charge in [-0.1, -0.05) is 0 Å². The number of hydrogen-bond donors (Lipinski definition) is 16. The van der Waals surface area contributed by atoms with Gasteiger partial charge in [0.25, 0.3) is 5.97 Å². The summed E-state index contributed by atoms with van der Waals surface area (Å²) < 4.78 is 0. The van der Waals surface area contributed by atoms with Crippen molar-refractivity contribution >= 4 is 71.2 Å². The summed E-state index contributed by atoms with van der Waals surface area (Å²) in [4.78, 5) is 144. The van der Waals surface area contributed by atoms with Crippen LogP contribution in [0.4, 0.5) is 0 Å². The molecule has 6 atom stereocenters. The van der Waals surface area contributed by atoms with Crippen molar-refractivity contribution in [1.82, 2.24) is 47.2 Å². The van der Waals surface area contributed by atoms with E-state index in [9.17, 15) is 58.2 Å². The zero-order valence-corrected chi connectivity index (χ0v) is 35.8. The Bertz CT molecular complexity index is 1800. The standard InChI is InChI=1S/C34H56N14O13.C2H4O2/c1-17(44-31(58)20(5-2-3-9-35)46-29(56)19(36)7-8-26(51)52)28(55)47-22(11-18-13-39-16-43-18)32(59)48-23(12-27(53)54)30(57)42-14-24(49)41-15-25(50)45-21(33(60)61)6-4-10-40-34(37)38;1-2(3)4/h13,16-17,19-23H,2-12,14-15,35-36H2,1H3,(H,39,43)(H,41,49)(H,42,57)(H,44,58)(H,45,50)(H,46,56)(H,47,55)(H,48,59)(H,51,52)(H,53,54)(H,60,61)(H4,37,38,40);1H3,(H,3,4)/t17-,19-,20-,21-,22-,23-;/m0./s1. The maximum Gasteiger partial charge on any atom is 0.326 e. The number of rotatable bonds is 30. The highest BCUT2D eigenvalue weighted by Gasteiger charge is 2.32. The van der Waals surface area contributed by atoms with Gasteiger partial charge in [0, 0.05) is 38.2 Å². The number of aliphatic carboxylic acids is 4. The number of guanidine groups is 1. The molecule has 0 aromatic carbocycles. The minimum Gasteiger partial charge on any atom is -0.481 e. The highest BCUT2D eigenvalue weighted by Crippen LogP contribution is 2.06. The minimum absolute atomic E-state index is 0.0340.